The minimum atomic E-state index is -0.273. The van der Waals surface area contributed by atoms with Crippen LogP contribution in [0.3, 0.4) is 0 Å². The van der Waals surface area contributed by atoms with Crippen LogP contribution in [-0.2, 0) is 0 Å². The van der Waals surface area contributed by atoms with E-state index >= 15 is 0 Å². The normalized spacial score (nSPS) is 14.9. The Morgan fingerprint density at radius 2 is 1.62 bits per heavy atom. The van der Waals surface area contributed by atoms with Gasteiger partial charge in [-0.15, -0.1) is 0 Å². The number of hydrogen-bond acceptors (Lipinski definition) is 2. The van der Waals surface area contributed by atoms with Gasteiger partial charge in [0.2, 0.25) is 0 Å². The van der Waals surface area contributed by atoms with Crippen LogP contribution in [0.25, 0.3) is 16.9 Å². The van der Waals surface area contributed by atoms with Crippen molar-refractivity contribution in [2.75, 3.05) is 32.7 Å². The maximum atomic E-state index is 13.5. The van der Waals surface area contributed by atoms with Gasteiger partial charge in [-0.05, 0) is 49.4 Å². The summed E-state index contributed by atoms with van der Waals surface area (Å²) in [4.78, 5) is 17.6. The van der Waals surface area contributed by atoms with Gasteiger partial charge in [0.25, 0.3) is 5.91 Å². The van der Waals surface area contributed by atoms with Crippen LogP contribution in [0.2, 0.25) is 0 Å². The van der Waals surface area contributed by atoms with E-state index in [9.17, 15) is 9.18 Å². The maximum absolute atomic E-state index is 13.5. The zero-order valence-electron chi connectivity index (χ0n) is 16.9. The quantitative estimate of drug-likeness (QED) is 0.661. The molecular weight excluding hydrogens is 365 g/mol. The molecule has 1 fully saturated rings. The van der Waals surface area contributed by atoms with Crippen LogP contribution in [-0.4, -0.2) is 53.0 Å². The number of carbonyl (C=O) groups is 1. The van der Waals surface area contributed by atoms with E-state index in [0.29, 0.717) is 5.56 Å². The van der Waals surface area contributed by atoms with Crippen molar-refractivity contribution in [3.8, 4) is 16.9 Å². The van der Waals surface area contributed by atoms with Gasteiger partial charge >= 0.3 is 0 Å². The molecular formula is C24H26FN3O. The summed E-state index contributed by atoms with van der Waals surface area (Å²) in [6, 6.07) is 18.4. The summed E-state index contributed by atoms with van der Waals surface area (Å²) >= 11 is 0. The number of benzene rings is 2. The Labute approximate surface area is 171 Å². The first-order chi connectivity index (χ1) is 14.1. The first-order valence-corrected chi connectivity index (χ1v) is 10.1. The van der Waals surface area contributed by atoms with E-state index in [1.165, 1.54) is 12.1 Å². The molecule has 0 spiro atoms. The van der Waals surface area contributed by atoms with Gasteiger partial charge in [0, 0.05) is 37.6 Å². The third-order valence-corrected chi connectivity index (χ3v) is 5.74. The first kappa shape index (κ1) is 19.4. The fourth-order valence-corrected chi connectivity index (χ4v) is 4.01. The molecule has 0 bridgehead atoms. The molecule has 3 aromatic rings. The summed E-state index contributed by atoms with van der Waals surface area (Å²) < 4.78 is 15.5. The third-order valence-electron chi connectivity index (χ3n) is 5.74. The minimum absolute atomic E-state index is 0.0660. The van der Waals surface area contributed by atoms with Crippen LogP contribution in [0.5, 0.6) is 0 Å². The van der Waals surface area contributed by atoms with E-state index in [1.54, 1.807) is 12.1 Å². The highest BCUT2D eigenvalue weighted by Crippen LogP contribution is 2.30. The number of nitrogens with zero attached hydrogens (tertiary/aromatic N) is 3. The molecule has 2 heterocycles. The smallest absolute Gasteiger partial charge is 0.255 e. The predicted octanol–water partition coefficient (Wildman–Crippen LogP) is 4.37. The van der Waals surface area contributed by atoms with Gasteiger partial charge in [0.05, 0.1) is 11.3 Å². The average molecular weight is 391 g/mol. The molecule has 2 aromatic carbocycles. The predicted molar refractivity (Wildman–Crippen MR) is 114 cm³/mol. The van der Waals surface area contributed by atoms with Crippen molar-refractivity contribution in [2.24, 2.45) is 0 Å². The molecule has 150 valence electrons. The summed E-state index contributed by atoms with van der Waals surface area (Å²) in [6.07, 6.45) is 0. The van der Waals surface area contributed by atoms with Crippen LogP contribution in [0, 0.1) is 12.7 Å². The highest BCUT2D eigenvalue weighted by atomic mass is 19.1. The Hall–Kier alpha value is -2.92. The molecule has 1 aromatic heterocycles. The molecule has 0 aliphatic carbocycles. The van der Waals surface area contributed by atoms with Gasteiger partial charge < -0.3 is 14.4 Å². The van der Waals surface area contributed by atoms with Crippen molar-refractivity contribution in [2.45, 2.75) is 13.8 Å². The summed E-state index contributed by atoms with van der Waals surface area (Å²) in [6.45, 7) is 8.43. The minimum Gasteiger partial charge on any atom is -0.336 e. The summed E-state index contributed by atoms with van der Waals surface area (Å²) in [5, 5.41) is 0. The highest BCUT2D eigenvalue weighted by molar-refractivity contribution is 5.97. The highest BCUT2D eigenvalue weighted by Gasteiger charge is 2.26. The fraction of sp³-hybridized carbons (Fsp3) is 0.292. The van der Waals surface area contributed by atoms with Crippen molar-refractivity contribution in [1.82, 2.24) is 14.4 Å². The molecule has 0 N–H and O–H groups in total. The zero-order valence-corrected chi connectivity index (χ0v) is 16.9. The molecule has 29 heavy (non-hydrogen) atoms. The van der Waals surface area contributed by atoms with Gasteiger partial charge in [-0.3, -0.25) is 4.79 Å². The van der Waals surface area contributed by atoms with Crippen LogP contribution >= 0.6 is 0 Å². The Morgan fingerprint density at radius 3 is 2.24 bits per heavy atom. The third kappa shape index (κ3) is 3.83. The number of amides is 1. The second-order valence-corrected chi connectivity index (χ2v) is 7.43. The van der Waals surface area contributed by atoms with E-state index in [-0.39, 0.29) is 11.7 Å². The number of aromatic nitrogens is 1. The van der Waals surface area contributed by atoms with E-state index in [2.05, 4.69) is 11.8 Å². The summed E-state index contributed by atoms with van der Waals surface area (Å²) in [5.74, 6) is -0.207. The Kier molecular flexibility index (Phi) is 5.49. The van der Waals surface area contributed by atoms with E-state index in [4.69, 9.17) is 0 Å². The number of carbonyl (C=O) groups excluding carboxylic acids is 1. The summed E-state index contributed by atoms with van der Waals surface area (Å²) in [5.41, 5.74) is 4.38. The zero-order chi connectivity index (χ0) is 20.4. The molecule has 5 heteroatoms. The van der Waals surface area contributed by atoms with Gasteiger partial charge in [-0.2, -0.15) is 0 Å². The molecule has 4 rings (SSSR count). The lowest BCUT2D eigenvalue weighted by molar-refractivity contribution is 0.0642. The standard InChI is InChI=1S/C24H26FN3O/c1-3-26-13-15-27(16-14-26)24(29)22-17-23(19-7-5-4-6-8-19)28(18(22)2)21-11-9-20(25)10-12-21/h4-12,17H,3,13-16H2,1-2H3. The van der Waals surface area contributed by atoms with Crippen molar-refractivity contribution in [1.29, 1.82) is 0 Å². The van der Waals surface area contributed by atoms with E-state index in [1.807, 2.05) is 52.8 Å². The van der Waals surface area contributed by atoms with Gasteiger partial charge in [-0.1, -0.05) is 37.3 Å². The van der Waals surface area contributed by atoms with Crippen molar-refractivity contribution >= 4 is 5.91 Å². The number of piperazine rings is 1. The monoisotopic (exact) mass is 391 g/mol. The van der Waals surface area contributed by atoms with Crippen molar-refractivity contribution in [3.63, 3.8) is 0 Å². The van der Waals surface area contributed by atoms with Crippen LogP contribution in [0.15, 0.2) is 60.7 Å². The van der Waals surface area contributed by atoms with Crippen LogP contribution in [0.4, 0.5) is 4.39 Å². The van der Waals surface area contributed by atoms with Crippen molar-refractivity contribution in [3.05, 3.63) is 77.7 Å². The number of hydrogen-bond donors (Lipinski definition) is 0. The molecule has 4 nitrogen and oxygen atoms in total. The molecule has 0 saturated carbocycles. The number of likely N-dealkylation sites (N-methyl/N-ethyl adjacent to an activating group) is 1. The van der Waals surface area contributed by atoms with Crippen LogP contribution in [0.1, 0.15) is 23.0 Å². The van der Waals surface area contributed by atoms with Gasteiger partial charge in [0.1, 0.15) is 5.82 Å². The van der Waals surface area contributed by atoms with Crippen LogP contribution < -0.4 is 0 Å². The molecule has 1 amide bonds. The SMILES string of the molecule is CCN1CCN(C(=O)c2cc(-c3ccccc3)n(-c3ccc(F)cc3)c2C)CC1. The number of rotatable bonds is 4. The maximum Gasteiger partial charge on any atom is 0.255 e. The molecule has 1 aliphatic rings. The Balaban J connectivity index is 1.76. The molecule has 1 saturated heterocycles. The second kappa shape index (κ2) is 8.21. The average Bonchev–Trinajstić information content (AvgIpc) is 3.11. The lowest BCUT2D eigenvalue weighted by Gasteiger charge is -2.34. The van der Waals surface area contributed by atoms with E-state index < -0.39 is 0 Å². The lowest BCUT2D eigenvalue weighted by Crippen LogP contribution is -2.48. The Bertz CT molecular complexity index is 987. The molecule has 0 unspecified atom stereocenters. The second-order valence-electron chi connectivity index (χ2n) is 7.43. The Morgan fingerprint density at radius 1 is 0.966 bits per heavy atom. The largest absolute Gasteiger partial charge is 0.336 e. The van der Waals surface area contributed by atoms with Gasteiger partial charge in [-0.25, -0.2) is 4.39 Å². The van der Waals surface area contributed by atoms with Crippen molar-refractivity contribution < 1.29 is 9.18 Å². The molecule has 0 atom stereocenters. The first-order valence-electron chi connectivity index (χ1n) is 10.1. The molecule has 0 radical (unpaired) electrons. The van der Waals surface area contributed by atoms with Gasteiger partial charge in [0.15, 0.2) is 0 Å². The number of halogens is 1. The fourth-order valence-electron chi connectivity index (χ4n) is 4.01. The molecule has 1 aliphatic heterocycles. The topological polar surface area (TPSA) is 28.5 Å². The van der Waals surface area contributed by atoms with E-state index in [0.717, 1.165) is 55.4 Å². The lowest BCUT2D eigenvalue weighted by atomic mass is 10.1. The summed E-state index contributed by atoms with van der Waals surface area (Å²) in [7, 11) is 0.